The number of amides is 1. The van der Waals surface area contributed by atoms with E-state index in [1.165, 1.54) is 0 Å². The molecule has 1 aliphatic rings. The Labute approximate surface area is 117 Å². The van der Waals surface area contributed by atoms with Gasteiger partial charge < -0.3 is 9.64 Å². The normalized spacial score (nSPS) is 16.7. The van der Waals surface area contributed by atoms with E-state index in [1.54, 1.807) is 24.1 Å². The summed E-state index contributed by atoms with van der Waals surface area (Å²) in [5.74, 6) is 1.62. The minimum absolute atomic E-state index is 0.0592. The number of carbonyl (C=O) groups excluding carboxylic acids is 1. The van der Waals surface area contributed by atoms with Crippen LogP contribution >= 0.6 is 15.9 Å². The van der Waals surface area contributed by atoms with Gasteiger partial charge in [-0.15, -0.1) is 0 Å². The predicted molar refractivity (Wildman–Crippen MR) is 74.5 cm³/mol. The van der Waals surface area contributed by atoms with Crippen molar-refractivity contribution < 1.29 is 13.7 Å². The van der Waals surface area contributed by atoms with Crippen LogP contribution in [-0.2, 0) is 10.8 Å². The molecule has 1 fully saturated rings. The number of ether oxygens (including phenoxy) is 1. The van der Waals surface area contributed by atoms with Gasteiger partial charge in [-0.2, -0.15) is 0 Å². The van der Waals surface area contributed by atoms with E-state index in [-0.39, 0.29) is 5.91 Å². The zero-order valence-corrected chi connectivity index (χ0v) is 12.4. The van der Waals surface area contributed by atoms with Crippen molar-refractivity contribution >= 4 is 32.6 Å². The van der Waals surface area contributed by atoms with Crippen molar-refractivity contribution in [2.24, 2.45) is 0 Å². The molecular formula is C12H14BrNO3S. The second kappa shape index (κ2) is 5.84. The SMILES string of the molecule is COc1cc(Br)ccc1C(=O)N1CCS(=O)CC1. The molecule has 98 valence electrons. The molecule has 18 heavy (non-hydrogen) atoms. The maximum absolute atomic E-state index is 12.3. The molecule has 1 aromatic rings. The lowest BCUT2D eigenvalue weighted by molar-refractivity contribution is 0.0768. The second-order valence-electron chi connectivity index (χ2n) is 3.98. The first kappa shape index (κ1) is 13.5. The Kier molecular flexibility index (Phi) is 4.40. The van der Waals surface area contributed by atoms with Crippen LogP contribution < -0.4 is 4.74 Å². The summed E-state index contributed by atoms with van der Waals surface area (Å²) in [5, 5.41) is 0. The largest absolute Gasteiger partial charge is 0.496 e. The molecule has 0 unspecified atom stereocenters. The molecule has 0 spiro atoms. The number of nitrogens with zero attached hydrogens (tertiary/aromatic N) is 1. The molecule has 1 amide bonds. The van der Waals surface area contributed by atoms with Crippen molar-refractivity contribution in [2.45, 2.75) is 0 Å². The second-order valence-corrected chi connectivity index (χ2v) is 6.60. The van der Waals surface area contributed by atoms with Crippen LogP contribution in [0.15, 0.2) is 22.7 Å². The zero-order chi connectivity index (χ0) is 13.1. The van der Waals surface area contributed by atoms with Crippen LogP contribution in [0, 0.1) is 0 Å². The number of hydrogen-bond acceptors (Lipinski definition) is 3. The van der Waals surface area contributed by atoms with Crippen molar-refractivity contribution in [2.75, 3.05) is 31.7 Å². The van der Waals surface area contributed by atoms with E-state index in [2.05, 4.69) is 15.9 Å². The van der Waals surface area contributed by atoms with Crippen LogP contribution in [0.1, 0.15) is 10.4 Å². The smallest absolute Gasteiger partial charge is 0.257 e. The Morgan fingerprint density at radius 2 is 2.06 bits per heavy atom. The van der Waals surface area contributed by atoms with Crippen LogP contribution in [0.2, 0.25) is 0 Å². The molecule has 0 aliphatic carbocycles. The molecule has 0 saturated carbocycles. The number of carbonyl (C=O) groups is 1. The number of rotatable bonds is 2. The minimum atomic E-state index is -0.777. The van der Waals surface area contributed by atoms with Gasteiger partial charge in [-0.3, -0.25) is 9.00 Å². The van der Waals surface area contributed by atoms with Gasteiger partial charge in [0.05, 0.1) is 12.7 Å². The fourth-order valence-corrected chi connectivity index (χ4v) is 3.25. The molecule has 1 aliphatic heterocycles. The lowest BCUT2D eigenvalue weighted by Crippen LogP contribution is -2.41. The molecule has 1 heterocycles. The average molecular weight is 332 g/mol. The van der Waals surface area contributed by atoms with Gasteiger partial charge in [-0.05, 0) is 18.2 Å². The molecule has 0 N–H and O–H groups in total. The van der Waals surface area contributed by atoms with E-state index in [9.17, 15) is 9.00 Å². The minimum Gasteiger partial charge on any atom is -0.496 e. The van der Waals surface area contributed by atoms with E-state index in [4.69, 9.17) is 4.74 Å². The van der Waals surface area contributed by atoms with Gasteiger partial charge in [0.2, 0.25) is 0 Å². The van der Waals surface area contributed by atoms with Crippen molar-refractivity contribution in [3.05, 3.63) is 28.2 Å². The summed E-state index contributed by atoms with van der Waals surface area (Å²) in [4.78, 5) is 14.1. The fourth-order valence-electron chi connectivity index (χ4n) is 1.85. The maximum atomic E-state index is 12.3. The van der Waals surface area contributed by atoms with E-state index >= 15 is 0 Å². The molecular weight excluding hydrogens is 318 g/mol. The van der Waals surface area contributed by atoms with Crippen molar-refractivity contribution in [1.29, 1.82) is 0 Å². The Bertz CT molecular complexity index is 482. The number of benzene rings is 1. The average Bonchev–Trinajstić information content (AvgIpc) is 2.38. The fraction of sp³-hybridized carbons (Fsp3) is 0.417. The Hall–Kier alpha value is -0.880. The summed E-state index contributed by atoms with van der Waals surface area (Å²) >= 11 is 3.34. The van der Waals surface area contributed by atoms with Crippen molar-refractivity contribution in [3.63, 3.8) is 0 Å². The van der Waals surface area contributed by atoms with Crippen LogP contribution in [0.3, 0.4) is 0 Å². The van der Waals surface area contributed by atoms with Gasteiger partial charge in [-0.1, -0.05) is 15.9 Å². The topological polar surface area (TPSA) is 46.6 Å². The first-order chi connectivity index (χ1) is 8.61. The molecule has 1 saturated heterocycles. The lowest BCUT2D eigenvalue weighted by Gasteiger charge is -2.27. The van der Waals surface area contributed by atoms with E-state index < -0.39 is 10.8 Å². The Morgan fingerprint density at radius 3 is 2.67 bits per heavy atom. The summed E-state index contributed by atoms with van der Waals surface area (Å²) in [6.07, 6.45) is 0. The third-order valence-electron chi connectivity index (χ3n) is 2.86. The highest BCUT2D eigenvalue weighted by Gasteiger charge is 2.23. The highest BCUT2D eigenvalue weighted by Crippen LogP contribution is 2.25. The van der Waals surface area contributed by atoms with E-state index in [0.29, 0.717) is 35.9 Å². The van der Waals surface area contributed by atoms with Gasteiger partial charge >= 0.3 is 0 Å². The molecule has 0 bridgehead atoms. The van der Waals surface area contributed by atoms with E-state index in [0.717, 1.165) is 4.47 Å². The summed E-state index contributed by atoms with van der Waals surface area (Å²) in [6, 6.07) is 5.34. The molecule has 0 atom stereocenters. The van der Waals surface area contributed by atoms with Crippen molar-refractivity contribution in [3.8, 4) is 5.75 Å². The van der Waals surface area contributed by atoms with Gasteiger partial charge in [0.25, 0.3) is 5.91 Å². The number of halogens is 1. The third-order valence-corrected chi connectivity index (χ3v) is 4.63. The molecule has 4 nitrogen and oxygen atoms in total. The summed E-state index contributed by atoms with van der Waals surface area (Å²) in [7, 11) is 0.768. The summed E-state index contributed by atoms with van der Waals surface area (Å²) in [5.41, 5.74) is 0.549. The van der Waals surface area contributed by atoms with Gasteiger partial charge in [0.15, 0.2) is 0 Å². The number of methoxy groups -OCH3 is 1. The Morgan fingerprint density at radius 1 is 1.39 bits per heavy atom. The molecule has 1 aromatic carbocycles. The standard InChI is InChI=1S/C12H14BrNO3S/c1-17-11-8-9(13)2-3-10(11)12(15)14-4-6-18(16)7-5-14/h2-3,8H,4-7H2,1H3. The van der Waals surface area contributed by atoms with Gasteiger partial charge in [-0.25, -0.2) is 0 Å². The molecule has 2 rings (SSSR count). The van der Waals surface area contributed by atoms with Crippen molar-refractivity contribution in [1.82, 2.24) is 4.90 Å². The van der Waals surface area contributed by atoms with Gasteiger partial charge in [0.1, 0.15) is 5.75 Å². The molecule has 6 heteroatoms. The zero-order valence-electron chi connectivity index (χ0n) is 10.0. The van der Waals surface area contributed by atoms with Crippen LogP contribution in [-0.4, -0.2) is 46.7 Å². The third kappa shape index (κ3) is 2.92. The van der Waals surface area contributed by atoms with Crippen LogP contribution in [0.25, 0.3) is 0 Å². The van der Waals surface area contributed by atoms with E-state index in [1.807, 2.05) is 6.07 Å². The molecule has 0 radical (unpaired) electrons. The van der Waals surface area contributed by atoms with Gasteiger partial charge in [0, 0.05) is 39.9 Å². The van der Waals surface area contributed by atoms with Crippen LogP contribution in [0.4, 0.5) is 0 Å². The number of hydrogen-bond donors (Lipinski definition) is 0. The molecule has 0 aromatic heterocycles. The highest BCUT2D eigenvalue weighted by atomic mass is 79.9. The monoisotopic (exact) mass is 331 g/mol. The first-order valence-electron chi connectivity index (χ1n) is 5.59. The summed E-state index contributed by atoms with van der Waals surface area (Å²) in [6.45, 7) is 1.09. The van der Waals surface area contributed by atoms with Crippen LogP contribution in [0.5, 0.6) is 5.75 Å². The highest BCUT2D eigenvalue weighted by molar-refractivity contribution is 9.10. The summed E-state index contributed by atoms with van der Waals surface area (Å²) < 4.78 is 17.4. The first-order valence-corrected chi connectivity index (χ1v) is 7.87. The predicted octanol–water partition coefficient (Wildman–Crippen LogP) is 1.66. The lowest BCUT2D eigenvalue weighted by atomic mass is 10.1. The Balaban J connectivity index is 2.20. The maximum Gasteiger partial charge on any atom is 0.257 e. The quantitative estimate of drug-likeness (QED) is 0.828.